The summed E-state index contributed by atoms with van der Waals surface area (Å²) in [6, 6.07) is 7.94. The van der Waals surface area contributed by atoms with Gasteiger partial charge in [-0.2, -0.15) is 0 Å². The monoisotopic (exact) mass is 301 g/mol. The number of thioether (sulfide) groups is 1. The van der Waals surface area contributed by atoms with Crippen LogP contribution in [0.1, 0.15) is 20.3 Å². The molecule has 0 aliphatic carbocycles. The first-order valence-corrected chi connectivity index (χ1v) is 7.01. The first-order valence-electron chi connectivity index (χ1n) is 5.34. The van der Waals surface area contributed by atoms with E-state index in [1.165, 1.54) is 0 Å². The number of rotatable bonds is 5. The Balaban J connectivity index is 2.54. The summed E-state index contributed by atoms with van der Waals surface area (Å²) in [6.07, 6.45) is 0.970. The number of halogens is 1. The van der Waals surface area contributed by atoms with Gasteiger partial charge in [0.15, 0.2) is 0 Å². The highest BCUT2D eigenvalue weighted by atomic mass is 79.9. The number of benzene rings is 1. The minimum atomic E-state index is -0.0646. The number of carbonyl (C=O) groups excluding carboxylic acids is 1. The average molecular weight is 302 g/mol. The fourth-order valence-corrected chi connectivity index (χ4v) is 2.65. The molecule has 2 nitrogen and oxygen atoms in total. The van der Waals surface area contributed by atoms with Crippen LogP contribution in [0.2, 0.25) is 0 Å². The van der Waals surface area contributed by atoms with Gasteiger partial charge in [-0.1, -0.05) is 19.1 Å². The zero-order valence-electron chi connectivity index (χ0n) is 9.50. The third kappa shape index (κ3) is 4.18. The highest BCUT2D eigenvalue weighted by Crippen LogP contribution is 2.30. The molecule has 1 aromatic carbocycles. The smallest absolute Gasteiger partial charge is 0.233 e. The molecule has 88 valence electrons. The molecule has 0 saturated carbocycles. The van der Waals surface area contributed by atoms with E-state index < -0.39 is 0 Å². The van der Waals surface area contributed by atoms with E-state index in [1.54, 1.807) is 11.8 Å². The lowest BCUT2D eigenvalue weighted by Crippen LogP contribution is -2.31. The summed E-state index contributed by atoms with van der Waals surface area (Å²) in [4.78, 5) is 12.8. The Hall–Kier alpha value is -0.480. The van der Waals surface area contributed by atoms with Gasteiger partial charge in [-0.05, 0) is 41.4 Å². The third-order valence-electron chi connectivity index (χ3n) is 2.06. The van der Waals surface area contributed by atoms with Crippen molar-refractivity contribution in [2.75, 3.05) is 6.54 Å². The summed E-state index contributed by atoms with van der Waals surface area (Å²) in [5.74, 6) is 0.0996. The molecule has 0 bridgehead atoms. The Morgan fingerprint density at radius 2 is 2.19 bits per heavy atom. The van der Waals surface area contributed by atoms with Crippen LogP contribution >= 0.6 is 27.7 Å². The molecule has 1 unspecified atom stereocenters. The predicted octanol–water partition coefficient (Wildman–Crippen LogP) is 3.46. The Labute approximate surface area is 109 Å². The minimum absolute atomic E-state index is 0.0646. The lowest BCUT2D eigenvalue weighted by Gasteiger charge is -2.12. The quantitative estimate of drug-likeness (QED) is 0.844. The van der Waals surface area contributed by atoms with Gasteiger partial charge in [0.1, 0.15) is 0 Å². The van der Waals surface area contributed by atoms with Crippen molar-refractivity contribution in [3.8, 4) is 0 Å². The Kier molecular flexibility index (Phi) is 5.91. The van der Waals surface area contributed by atoms with Crippen LogP contribution in [-0.2, 0) is 4.79 Å². The Morgan fingerprint density at radius 3 is 2.81 bits per heavy atom. The standard InChI is InChI=1S/C12H16BrNOS/c1-3-8-14-12(15)9(2)16-11-7-5-4-6-10(11)13/h4-7,9H,3,8H2,1-2H3,(H,14,15). The molecule has 0 aromatic heterocycles. The molecule has 4 heteroatoms. The van der Waals surface area contributed by atoms with Crippen LogP contribution < -0.4 is 5.32 Å². The largest absolute Gasteiger partial charge is 0.355 e. The molecule has 0 spiro atoms. The fraction of sp³-hybridized carbons (Fsp3) is 0.417. The van der Waals surface area contributed by atoms with Crippen LogP contribution in [0.5, 0.6) is 0 Å². The molecular formula is C12H16BrNOS. The second-order valence-electron chi connectivity index (χ2n) is 3.48. The second kappa shape index (κ2) is 6.97. The van der Waals surface area contributed by atoms with Crippen LogP contribution in [-0.4, -0.2) is 17.7 Å². The number of hydrogen-bond acceptors (Lipinski definition) is 2. The molecule has 0 heterocycles. The highest BCUT2D eigenvalue weighted by Gasteiger charge is 2.14. The maximum absolute atomic E-state index is 11.7. The summed E-state index contributed by atoms with van der Waals surface area (Å²) < 4.78 is 1.04. The fourth-order valence-electron chi connectivity index (χ4n) is 1.18. The number of hydrogen-bond donors (Lipinski definition) is 1. The normalized spacial score (nSPS) is 12.2. The van der Waals surface area contributed by atoms with Gasteiger partial charge in [0.2, 0.25) is 5.91 Å². The lowest BCUT2D eigenvalue weighted by molar-refractivity contribution is -0.120. The van der Waals surface area contributed by atoms with E-state index in [2.05, 4.69) is 21.2 Å². The summed E-state index contributed by atoms with van der Waals surface area (Å²) in [6.45, 7) is 4.72. The van der Waals surface area contributed by atoms with Crippen molar-refractivity contribution in [2.45, 2.75) is 30.4 Å². The zero-order chi connectivity index (χ0) is 12.0. The summed E-state index contributed by atoms with van der Waals surface area (Å²) in [7, 11) is 0. The van der Waals surface area contributed by atoms with Gasteiger partial charge in [-0.15, -0.1) is 11.8 Å². The molecule has 16 heavy (non-hydrogen) atoms. The van der Waals surface area contributed by atoms with E-state index in [1.807, 2.05) is 38.1 Å². The molecule has 0 fully saturated rings. The van der Waals surface area contributed by atoms with Gasteiger partial charge in [0, 0.05) is 15.9 Å². The Bertz CT molecular complexity index is 357. The first-order chi connectivity index (χ1) is 7.65. The zero-order valence-corrected chi connectivity index (χ0v) is 11.9. The van der Waals surface area contributed by atoms with E-state index in [0.29, 0.717) is 0 Å². The summed E-state index contributed by atoms with van der Waals surface area (Å²) in [5.41, 5.74) is 0. The van der Waals surface area contributed by atoms with E-state index in [9.17, 15) is 4.79 Å². The van der Waals surface area contributed by atoms with Crippen molar-refractivity contribution < 1.29 is 4.79 Å². The third-order valence-corrected chi connectivity index (χ3v) is 4.19. The highest BCUT2D eigenvalue weighted by molar-refractivity contribution is 9.10. The van der Waals surface area contributed by atoms with E-state index in [0.717, 1.165) is 22.3 Å². The molecular weight excluding hydrogens is 286 g/mol. The van der Waals surface area contributed by atoms with E-state index in [-0.39, 0.29) is 11.2 Å². The summed E-state index contributed by atoms with van der Waals surface area (Å²) in [5, 5.41) is 2.83. The lowest BCUT2D eigenvalue weighted by atomic mass is 10.4. The molecule has 1 rings (SSSR count). The van der Waals surface area contributed by atoms with Gasteiger partial charge < -0.3 is 5.32 Å². The Morgan fingerprint density at radius 1 is 1.50 bits per heavy atom. The first kappa shape index (κ1) is 13.6. The van der Waals surface area contributed by atoms with Crippen molar-refractivity contribution in [1.82, 2.24) is 5.32 Å². The molecule has 1 atom stereocenters. The van der Waals surface area contributed by atoms with Gasteiger partial charge in [-0.3, -0.25) is 4.79 Å². The van der Waals surface area contributed by atoms with Gasteiger partial charge in [0.25, 0.3) is 0 Å². The SMILES string of the molecule is CCCNC(=O)C(C)Sc1ccccc1Br. The van der Waals surface area contributed by atoms with Crippen LogP contribution in [0.3, 0.4) is 0 Å². The summed E-state index contributed by atoms with van der Waals surface area (Å²) >= 11 is 5.04. The molecule has 0 saturated heterocycles. The van der Waals surface area contributed by atoms with Crippen LogP contribution in [0.15, 0.2) is 33.6 Å². The van der Waals surface area contributed by atoms with E-state index >= 15 is 0 Å². The number of amides is 1. The van der Waals surface area contributed by atoms with Crippen LogP contribution in [0.4, 0.5) is 0 Å². The van der Waals surface area contributed by atoms with Crippen molar-refractivity contribution in [1.29, 1.82) is 0 Å². The molecule has 1 N–H and O–H groups in total. The average Bonchev–Trinajstić information content (AvgIpc) is 2.28. The molecule has 1 aromatic rings. The van der Waals surface area contributed by atoms with Crippen molar-refractivity contribution in [2.24, 2.45) is 0 Å². The maximum Gasteiger partial charge on any atom is 0.233 e. The molecule has 0 aliphatic heterocycles. The topological polar surface area (TPSA) is 29.1 Å². The number of carbonyl (C=O) groups is 1. The van der Waals surface area contributed by atoms with Crippen LogP contribution in [0.25, 0.3) is 0 Å². The van der Waals surface area contributed by atoms with E-state index in [4.69, 9.17) is 0 Å². The second-order valence-corrected chi connectivity index (χ2v) is 5.72. The van der Waals surface area contributed by atoms with Crippen LogP contribution in [0, 0.1) is 0 Å². The number of nitrogens with one attached hydrogen (secondary N) is 1. The van der Waals surface area contributed by atoms with Crippen molar-refractivity contribution in [3.63, 3.8) is 0 Å². The van der Waals surface area contributed by atoms with Gasteiger partial charge in [0.05, 0.1) is 5.25 Å². The molecule has 0 radical (unpaired) electrons. The van der Waals surface area contributed by atoms with Gasteiger partial charge >= 0.3 is 0 Å². The maximum atomic E-state index is 11.7. The van der Waals surface area contributed by atoms with Crippen molar-refractivity contribution in [3.05, 3.63) is 28.7 Å². The molecule has 0 aliphatic rings. The minimum Gasteiger partial charge on any atom is -0.355 e. The molecule has 1 amide bonds. The van der Waals surface area contributed by atoms with Gasteiger partial charge in [-0.25, -0.2) is 0 Å². The predicted molar refractivity (Wildman–Crippen MR) is 72.8 cm³/mol. The van der Waals surface area contributed by atoms with Crippen molar-refractivity contribution >= 4 is 33.6 Å².